The smallest absolute Gasteiger partial charge is 0.0439 e. The maximum Gasteiger partial charge on any atom is 0.0439 e. The van der Waals surface area contributed by atoms with E-state index >= 15 is 0 Å². The average Bonchev–Trinajstić information content (AvgIpc) is 2.48. The molecule has 2 rings (SSSR count). The Kier molecular flexibility index (Phi) is 6.07. The van der Waals surface area contributed by atoms with Gasteiger partial charge in [-0.15, -0.1) is 0 Å². The maximum absolute atomic E-state index is 6.21. The molecule has 0 aliphatic heterocycles. The molecular weight excluding hydrogens is 303 g/mol. The minimum absolute atomic E-state index is 0.167. The van der Waals surface area contributed by atoms with Crippen LogP contribution < -0.4 is 11.3 Å². The number of halogens is 2. The van der Waals surface area contributed by atoms with Crippen molar-refractivity contribution in [1.29, 1.82) is 0 Å². The van der Waals surface area contributed by atoms with Crippen LogP contribution in [0.2, 0.25) is 10.0 Å². The largest absolute Gasteiger partial charge is 0.271 e. The van der Waals surface area contributed by atoms with Crippen LogP contribution in [0.3, 0.4) is 0 Å². The number of hydrazine groups is 1. The standard InChI is InChI=1S/C17H20Cl2N2/c1-12-4-2-3-5-13(12)6-8-16(21-20)11-14-10-15(18)7-9-17(14)19/h2-5,7,9-10,16,21H,6,8,11,20H2,1H3. The van der Waals surface area contributed by atoms with Gasteiger partial charge in [0.15, 0.2) is 0 Å². The molecule has 112 valence electrons. The van der Waals surface area contributed by atoms with Crippen molar-refractivity contribution in [3.8, 4) is 0 Å². The highest BCUT2D eigenvalue weighted by Crippen LogP contribution is 2.23. The lowest BCUT2D eigenvalue weighted by molar-refractivity contribution is 0.491. The fraction of sp³-hybridized carbons (Fsp3) is 0.294. The van der Waals surface area contributed by atoms with Crippen molar-refractivity contribution in [2.45, 2.75) is 32.2 Å². The zero-order valence-electron chi connectivity index (χ0n) is 12.1. The van der Waals surface area contributed by atoms with E-state index < -0.39 is 0 Å². The summed E-state index contributed by atoms with van der Waals surface area (Å²) in [7, 11) is 0. The zero-order chi connectivity index (χ0) is 15.2. The van der Waals surface area contributed by atoms with Crippen LogP contribution in [0.25, 0.3) is 0 Å². The lowest BCUT2D eigenvalue weighted by Crippen LogP contribution is -2.37. The summed E-state index contributed by atoms with van der Waals surface area (Å²) in [5.41, 5.74) is 6.58. The van der Waals surface area contributed by atoms with Crippen molar-refractivity contribution in [1.82, 2.24) is 5.43 Å². The molecule has 1 atom stereocenters. The molecule has 0 saturated carbocycles. The molecule has 0 heterocycles. The minimum Gasteiger partial charge on any atom is -0.271 e. The van der Waals surface area contributed by atoms with Crippen molar-refractivity contribution in [3.63, 3.8) is 0 Å². The van der Waals surface area contributed by atoms with Gasteiger partial charge in [0.05, 0.1) is 0 Å². The fourth-order valence-electron chi connectivity index (χ4n) is 2.43. The lowest BCUT2D eigenvalue weighted by Gasteiger charge is -2.17. The Bertz CT molecular complexity index is 599. The van der Waals surface area contributed by atoms with Gasteiger partial charge in [-0.3, -0.25) is 11.3 Å². The van der Waals surface area contributed by atoms with Crippen molar-refractivity contribution in [2.75, 3.05) is 0 Å². The third-order valence-corrected chi connectivity index (χ3v) is 4.34. The van der Waals surface area contributed by atoms with Crippen molar-refractivity contribution < 1.29 is 0 Å². The number of hydrogen-bond acceptors (Lipinski definition) is 2. The van der Waals surface area contributed by atoms with E-state index in [0.29, 0.717) is 5.02 Å². The number of nitrogens with two attached hydrogens (primary N) is 1. The summed E-state index contributed by atoms with van der Waals surface area (Å²) in [6.07, 6.45) is 2.70. The summed E-state index contributed by atoms with van der Waals surface area (Å²) >= 11 is 12.2. The number of hydrogen-bond donors (Lipinski definition) is 2. The Morgan fingerprint density at radius 2 is 1.86 bits per heavy atom. The van der Waals surface area contributed by atoms with Gasteiger partial charge in [-0.25, -0.2) is 0 Å². The second-order valence-corrected chi connectivity index (χ2v) is 6.11. The first-order valence-corrected chi connectivity index (χ1v) is 7.80. The van der Waals surface area contributed by atoms with Gasteiger partial charge in [-0.05, 0) is 61.1 Å². The predicted octanol–water partition coefficient (Wildman–Crippen LogP) is 4.31. The van der Waals surface area contributed by atoms with Gasteiger partial charge in [0.1, 0.15) is 0 Å². The fourth-order valence-corrected chi connectivity index (χ4v) is 2.82. The molecule has 0 bridgehead atoms. The molecule has 3 N–H and O–H groups in total. The van der Waals surface area contributed by atoms with Crippen LogP contribution in [0.5, 0.6) is 0 Å². The first-order chi connectivity index (χ1) is 10.1. The highest BCUT2D eigenvalue weighted by Gasteiger charge is 2.11. The Balaban J connectivity index is 2.00. The van der Waals surface area contributed by atoms with Gasteiger partial charge in [-0.2, -0.15) is 0 Å². The molecule has 21 heavy (non-hydrogen) atoms. The van der Waals surface area contributed by atoms with Crippen LogP contribution >= 0.6 is 23.2 Å². The molecule has 0 spiro atoms. The van der Waals surface area contributed by atoms with Crippen LogP contribution in [0.15, 0.2) is 42.5 Å². The monoisotopic (exact) mass is 322 g/mol. The number of benzene rings is 2. The topological polar surface area (TPSA) is 38.0 Å². The SMILES string of the molecule is Cc1ccccc1CCC(Cc1cc(Cl)ccc1Cl)NN. The Morgan fingerprint density at radius 3 is 2.57 bits per heavy atom. The summed E-state index contributed by atoms with van der Waals surface area (Å²) < 4.78 is 0. The van der Waals surface area contributed by atoms with Gasteiger partial charge in [0.2, 0.25) is 0 Å². The first-order valence-electron chi connectivity index (χ1n) is 7.04. The summed E-state index contributed by atoms with van der Waals surface area (Å²) in [6, 6.07) is 14.1. The average molecular weight is 323 g/mol. The molecule has 2 aromatic carbocycles. The molecule has 4 heteroatoms. The maximum atomic E-state index is 6.21. The molecule has 0 radical (unpaired) electrons. The molecule has 1 unspecified atom stereocenters. The van der Waals surface area contributed by atoms with Crippen LogP contribution in [0.4, 0.5) is 0 Å². The molecule has 0 aliphatic carbocycles. The van der Waals surface area contributed by atoms with Crippen LogP contribution in [0, 0.1) is 6.92 Å². The molecule has 2 aromatic rings. The summed E-state index contributed by atoms with van der Waals surface area (Å²) in [6.45, 7) is 2.13. The van der Waals surface area contributed by atoms with E-state index in [-0.39, 0.29) is 6.04 Å². The predicted molar refractivity (Wildman–Crippen MR) is 90.8 cm³/mol. The molecule has 0 fully saturated rings. The van der Waals surface area contributed by atoms with E-state index in [1.807, 2.05) is 12.1 Å². The molecule has 0 aromatic heterocycles. The first kappa shape index (κ1) is 16.3. The summed E-state index contributed by atoms with van der Waals surface area (Å²) in [5, 5.41) is 1.43. The third-order valence-electron chi connectivity index (χ3n) is 3.73. The van der Waals surface area contributed by atoms with Gasteiger partial charge in [0, 0.05) is 16.1 Å². The molecular formula is C17H20Cl2N2. The van der Waals surface area contributed by atoms with E-state index in [9.17, 15) is 0 Å². The Morgan fingerprint density at radius 1 is 1.10 bits per heavy atom. The number of nitrogens with one attached hydrogen (secondary N) is 1. The number of rotatable bonds is 6. The quantitative estimate of drug-likeness (QED) is 0.614. The minimum atomic E-state index is 0.167. The summed E-state index contributed by atoms with van der Waals surface area (Å²) in [5.74, 6) is 5.68. The highest BCUT2D eigenvalue weighted by atomic mass is 35.5. The molecule has 2 nitrogen and oxygen atoms in total. The van der Waals surface area contributed by atoms with E-state index in [1.54, 1.807) is 6.07 Å². The van der Waals surface area contributed by atoms with Gasteiger partial charge in [-0.1, -0.05) is 47.5 Å². The molecule has 0 saturated heterocycles. The number of aryl methyl sites for hydroxylation is 2. The van der Waals surface area contributed by atoms with Crippen LogP contribution in [-0.4, -0.2) is 6.04 Å². The second-order valence-electron chi connectivity index (χ2n) is 5.27. The van der Waals surface area contributed by atoms with Gasteiger partial charge in [0.25, 0.3) is 0 Å². The van der Waals surface area contributed by atoms with E-state index in [2.05, 4.69) is 36.6 Å². The van der Waals surface area contributed by atoms with E-state index in [1.165, 1.54) is 11.1 Å². The molecule has 0 amide bonds. The van der Waals surface area contributed by atoms with Gasteiger partial charge >= 0.3 is 0 Å². The van der Waals surface area contributed by atoms with Crippen molar-refractivity contribution in [3.05, 3.63) is 69.2 Å². The molecule has 0 aliphatic rings. The van der Waals surface area contributed by atoms with Gasteiger partial charge < -0.3 is 0 Å². The van der Waals surface area contributed by atoms with Crippen molar-refractivity contribution >= 4 is 23.2 Å². The Hall–Kier alpha value is -1.06. The van der Waals surface area contributed by atoms with Crippen LogP contribution in [-0.2, 0) is 12.8 Å². The second kappa shape index (κ2) is 7.81. The third kappa shape index (κ3) is 4.72. The van der Waals surface area contributed by atoms with Crippen molar-refractivity contribution in [2.24, 2.45) is 5.84 Å². The normalized spacial score (nSPS) is 12.4. The summed E-state index contributed by atoms with van der Waals surface area (Å²) in [4.78, 5) is 0. The Labute approximate surface area is 136 Å². The van der Waals surface area contributed by atoms with E-state index in [0.717, 1.165) is 29.8 Å². The van der Waals surface area contributed by atoms with Crippen LogP contribution in [0.1, 0.15) is 23.1 Å². The zero-order valence-corrected chi connectivity index (χ0v) is 13.6. The lowest BCUT2D eigenvalue weighted by atomic mass is 9.97. The highest BCUT2D eigenvalue weighted by molar-refractivity contribution is 6.33. The van der Waals surface area contributed by atoms with E-state index in [4.69, 9.17) is 29.0 Å².